The fourth-order valence-corrected chi connectivity index (χ4v) is 2.71. The molecule has 1 heterocycles. The summed E-state index contributed by atoms with van der Waals surface area (Å²) in [4.78, 5) is 6.67. The summed E-state index contributed by atoms with van der Waals surface area (Å²) < 4.78 is 22.4. The monoisotopic (exact) mass is 375 g/mol. The Bertz CT molecular complexity index is 660. The normalized spacial score (nSPS) is 16.0. The van der Waals surface area contributed by atoms with Crippen LogP contribution in [0.25, 0.3) is 0 Å². The van der Waals surface area contributed by atoms with Crippen molar-refractivity contribution in [3.05, 3.63) is 17.7 Å². The van der Waals surface area contributed by atoms with Crippen LogP contribution in [0.4, 0.5) is 5.69 Å². The first-order chi connectivity index (χ1) is 13.0. The number of nitriles is 1. The highest BCUT2D eigenvalue weighted by atomic mass is 16.6. The van der Waals surface area contributed by atoms with Crippen molar-refractivity contribution in [3.63, 3.8) is 0 Å². The summed E-state index contributed by atoms with van der Waals surface area (Å²) in [5.74, 6) is 1.06. The van der Waals surface area contributed by atoms with E-state index in [1.807, 2.05) is 0 Å². The topological polar surface area (TPSA) is 76.3 Å². The van der Waals surface area contributed by atoms with Gasteiger partial charge in [0, 0.05) is 24.2 Å². The molecule has 0 aromatic heterocycles. The van der Waals surface area contributed by atoms with Crippen molar-refractivity contribution in [3.8, 4) is 17.6 Å². The summed E-state index contributed by atoms with van der Waals surface area (Å²) in [6.07, 6.45) is 1.78. The molecule has 7 nitrogen and oxygen atoms in total. The molecule has 0 spiro atoms. The molecule has 7 heteroatoms. The Balaban J connectivity index is 2.30. The maximum Gasteiger partial charge on any atom is 0.163 e. The quantitative estimate of drug-likeness (QED) is 0.594. The van der Waals surface area contributed by atoms with Gasteiger partial charge < -0.3 is 23.8 Å². The van der Waals surface area contributed by atoms with Gasteiger partial charge in [-0.05, 0) is 27.7 Å². The Morgan fingerprint density at radius 2 is 1.44 bits per heavy atom. The van der Waals surface area contributed by atoms with E-state index < -0.39 is 0 Å². The number of rotatable bonds is 4. The van der Waals surface area contributed by atoms with E-state index in [-0.39, 0.29) is 0 Å². The Labute approximate surface area is 161 Å². The third-order valence-electron chi connectivity index (χ3n) is 4.05. The van der Waals surface area contributed by atoms with Crippen LogP contribution in [0.5, 0.6) is 11.5 Å². The lowest BCUT2D eigenvalue weighted by Gasteiger charge is -2.28. The lowest BCUT2D eigenvalue weighted by Crippen LogP contribution is -2.35. The molecule has 0 atom stereocenters. The van der Waals surface area contributed by atoms with Gasteiger partial charge in [0.2, 0.25) is 0 Å². The predicted molar refractivity (Wildman–Crippen MR) is 104 cm³/mol. The van der Waals surface area contributed by atoms with E-state index in [2.05, 4.69) is 43.7 Å². The van der Waals surface area contributed by atoms with E-state index in [0.717, 1.165) is 0 Å². The fraction of sp³-hybridized carbons (Fsp3) is 0.600. The molecule has 1 aliphatic rings. The molecule has 2 rings (SSSR count). The second-order valence-electron chi connectivity index (χ2n) is 6.73. The molecule has 0 N–H and O–H groups in total. The van der Waals surface area contributed by atoms with Crippen LogP contribution >= 0.6 is 0 Å². The SMILES string of the molecule is CC(C)N(/C=N/c1cc2c(cc1C#N)OCCOCCOCCO2)C(C)C. The highest BCUT2D eigenvalue weighted by molar-refractivity contribution is 5.69. The van der Waals surface area contributed by atoms with Crippen LogP contribution in [0, 0.1) is 11.3 Å². The first-order valence-electron chi connectivity index (χ1n) is 9.33. The molecule has 0 fully saturated rings. The zero-order valence-corrected chi connectivity index (χ0v) is 16.6. The molecule has 0 unspecified atom stereocenters. The lowest BCUT2D eigenvalue weighted by molar-refractivity contribution is 0.0223. The molecule has 0 saturated heterocycles. The number of hydrogen-bond donors (Lipinski definition) is 0. The van der Waals surface area contributed by atoms with Crippen LogP contribution in [0.3, 0.4) is 0 Å². The van der Waals surface area contributed by atoms with Crippen molar-refractivity contribution in [2.45, 2.75) is 39.8 Å². The Kier molecular flexibility index (Phi) is 8.37. The summed E-state index contributed by atoms with van der Waals surface area (Å²) in [6.45, 7) is 11.1. The van der Waals surface area contributed by atoms with Gasteiger partial charge in [-0.1, -0.05) is 0 Å². The van der Waals surface area contributed by atoms with Crippen molar-refractivity contribution in [1.82, 2.24) is 4.90 Å². The molecule has 0 radical (unpaired) electrons. The zero-order valence-electron chi connectivity index (χ0n) is 16.6. The van der Waals surface area contributed by atoms with Gasteiger partial charge in [-0.25, -0.2) is 4.99 Å². The smallest absolute Gasteiger partial charge is 0.163 e. The van der Waals surface area contributed by atoms with Gasteiger partial charge in [0.05, 0.1) is 44.0 Å². The number of hydrogen-bond acceptors (Lipinski definition) is 6. The van der Waals surface area contributed by atoms with Gasteiger partial charge in [-0.15, -0.1) is 0 Å². The Hall–Kier alpha value is -2.30. The molecule has 0 saturated carbocycles. The average molecular weight is 375 g/mol. The van der Waals surface area contributed by atoms with E-state index in [1.54, 1.807) is 18.5 Å². The van der Waals surface area contributed by atoms with Gasteiger partial charge in [0.1, 0.15) is 19.3 Å². The van der Waals surface area contributed by atoms with Gasteiger partial charge >= 0.3 is 0 Å². The van der Waals surface area contributed by atoms with Crippen LogP contribution in [0.2, 0.25) is 0 Å². The molecular formula is C20H29N3O4. The summed E-state index contributed by atoms with van der Waals surface area (Å²) >= 11 is 0. The van der Waals surface area contributed by atoms with Crippen molar-refractivity contribution in [2.75, 3.05) is 39.6 Å². The van der Waals surface area contributed by atoms with Crippen molar-refractivity contribution in [2.24, 2.45) is 4.99 Å². The van der Waals surface area contributed by atoms with Crippen molar-refractivity contribution >= 4 is 12.0 Å². The minimum atomic E-state index is 0.306. The minimum Gasteiger partial charge on any atom is -0.487 e. The molecule has 1 aromatic rings. The second kappa shape index (κ2) is 10.8. The Morgan fingerprint density at radius 3 is 1.96 bits per heavy atom. The summed E-state index contributed by atoms with van der Waals surface area (Å²) in [7, 11) is 0. The highest BCUT2D eigenvalue weighted by Gasteiger charge is 2.14. The number of benzene rings is 1. The van der Waals surface area contributed by atoms with Gasteiger partial charge in [0.15, 0.2) is 11.5 Å². The van der Waals surface area contributed by atoms with Crippen LogP contribution in [0.1, 0.15) is 33.3 Å². The van der Waals surface area contributed by atoms with Crippen LogP contribution in [-0.2, 0) is 9.47 Å². The van der Waals surface area contributed by atoms with Gasteiger partial charge in [0.25, 0.3) is 0 Å². The van der Waals surface area contributed by atoms with Crippen molar-refractivity contribution in [1.29, 1.82) is 5.26 Å². The third-order valence-corrected chi connectivity index (χ3v) is 4.05. The summed E-state index contributed by atoms with van der Waals surface area (Å²) in [5.41, 5.74) is 0.987. The molecule has 0 aliphatic carbocycles. The van der Waals surface area contributed by atoms with Crippen LogP contribution in [-0.4, -0.2) is 63.0 Å². The predicted octanol–water partition coefficient (Wildman–Crippen LogP) is 3.14. The van der Waals surface area contributed by atoms with E-state index in [0.29, 0.717) is 74.5 Å². The number of aliphatic imine (C=N–C) groups is 1. The van der Waals surface area contributed by atoms with E-state index in [1.165, 1.54) is 0 Å². The standard InChI is InChI=1S/C20H29N3O4/c1-15(2)23(16(3)4)14-22-18-12-20-19(11-17(18)13-21)26-9-7-24-5-6-25-8-10-27-20/h11-12,14-16H,5-10H2,1-4H3/b22-14+. The van der Waals surface area contributed by atoms with Gasteiger partial charge in [-0.3, -0.25) is 0 Å². The molecule has 148 valence electrons. The zero-order chi connectivity index (χ0) is 19.6. The van der Waals surface area contributed by atoms with E-state index in [4.69, 9.17) is 18.9 Å². The first kappa shape index (κ1) is 21.0. The third kappa shape index (κ3) is 6.42. The molecule has 0 bridgehead atoms. The van der Waals surface area contributed by atoms with E-state index >= 15 is 0 Å². The molecule has 1 aromatic carbocycles. The number of fused-ring (bicyclic) bond motifs is 1. The molecular weight excluding hydrogens is 346 g/mol. The van der Waals surface area contributed by atoms with Gasteiger partial charge in [-0.2, -0.15) is 5.26 Å². The van der Waals surface area contributed by atoms with Crippen molar-refractivity contribution < 1.29 is 18.9 Å². The largest absolute Gasteiger partial charge is 0.487 e. The highest BCUT2D eigenvalue weighted by Crippen LogP contribution is 2.35. The summed E-state index contributed by atoms with van der Waals surface area (Å²) in [6, 6.07) is 6.22. The first-order valence-corrected chi connectivity index (χ1v) is 9.33. The van der Waals surface area contributed by atoms with Crippen LogP contribution < -0.4 is 9.47 Å². The summed E-state index contributed by atoms with van der Waals surface area (Å²) in [5, 5.41) is 9.53. The lowest BCUT2D eigenvalue weighted by atomic mass is 10.1. The Morgan fingerprint density at radius 1 is 0.926 bits per heavy atom. The number of nitrogens with zero attached hydrogens (tertiary/aromatic N) is 3. The van der Waals surface area contributed by atoms with E-state index in [9.17, 15) is 5.26 Å². The second-order valence-corrected chi connectivity index (χ2v) is 6.73. The average Bonchev–Trinajstić information content (AvgIpc) is 2.62. The van der Waals surface area contributed by atoms with Crippen LogP contribution in [0.15, 0.2) is 17.1 Å². The maximum absolute atomic E-state index is 9.53. The minimum absolute atomic E-state index is 0.306. The maximum atomic E-state index is 9.53. The molecule has 27 heavy (non-hydrogen) atoms. The number of ether oxygens (including phenoxy) is 4. The molecule has 1 aliphatic heterocycles. The fourth-order valence-electron chi connectivity index (χ4n) is 2.71. The molecule has 0 amide bonds.